The number of aliphatic imine (C=N–C) groups is 1. The maximum atomic E-state index is 7.43. The average molecular weight is 194 g/mol. The van der Waals surface area contributed by atoms with Gasteiger partial charge in [-0.25, -0.2) is 0 Å². The molecule has 0 aliphatic carbocycles. The highest BCUT2D eigenvalue weighted by Gasteiger charge is 2.38. The van der Waals surface area contributed by atoms with Gasteiger partial charge in [-0.15, -0.1) is 6.01 Å². The molecule has 0 aromatic carbocycles. The van der Waals surface area contributed by atoms with Crippen molar-refractivity contribution in [1.82, 2.24) is 0 Å². The minimum absolute atomic E-state index is 1.28. The Labute approximate surface area is 86.0 Å². The Hall–Kier alpha value is -1.17. The SMILES string of the molecule is CCCC[N+]1(CC)CC1.N#CN=C=[N-]. The number of likely N-dealkylation sites (N-methyl/N-ethyl adjacent to an activating group) is 1. The Balaban J connectivity index is 0.000000292. The Kier molecular flexibility index (Phi) is 6.65. The highest BCUT2D eigenvalue weighted by molar-refractivity contribution is 5.46. The highest BCUT2D eigenvalue weighted by atomic mass is 15.5. The van der Waals surface area contributed by atoms with Gasteiger partial charge in [0.25, 0.3) is 0 Å². The van der Waals surface area contributed by atoms with Crippen LogP contribution in [0.1, 0.15) is 26.7 Å². The minimum Gasteiger partial charge on any atom is -0.422 e. The molecule has 1 fully saturated rings. The van der Waals surface area contributed by atoms with Crippen LogP contribution in [0.15, 0.2) is 4.99 Å². The van der Waals surface area contributed by atoms with E-state index in [-0.39, 0.29) is 0 Å². The smallest absolute Gasteiger partial charge is 0.129 e. The monoisotopic (exact) mass is 194 g/mol. The minimum atomic E-state index is 1.28. The molecular formula is C10H18N4. The van der Waals surface area contributed by atoms with Gasteiger partial charge in [-0.2, -0.15) is 5.26 Å². The van der Waals surface area contributed by atoms with E-state index in [9.17, 15) is 0 Å². The summed E-state index contributed by atoms with van der Waals surface area (Å²) in [6.07, 6.45) is 4.07. The fourth-order valence-electron chi connectivity index (χ4n) is 1.36. The molecule has 0 amide bonds. The van der Waals surface area contributed by atoms with Gasteiger partial charge >= 0.3 is 0 Å². The molecule has 1 heterocycles. The van der Waals surface area contributed by atoms with E-state index in [1.807, 2.05) is 0 Å². The van der Waals surface area contributed by atoms with Gasteiger partial charge in [0.15, 0.2) is 0 Å². The number of hydrogen-bond donors (Lipinski definition) is 0. The molecule has 1 aliphatic rings. The molecule has 0 N–H and O–H groups in total. The van der Waals surface area contributed by atoms with Crippen LogP contribution in [0.25, 0.3) is 5.41 Å². The summed E-state index contributed by atoms with van der Waals surface area (Å²) < 4.78 is 1.42. The van der Waals surface area contributed by atoms with Gasteiger partial charge in [0, 0.05) is 0 Å². The van der Waals surface area contributed by atoms with Crippen LogP contribution >= 0.6 is 0 Å². The number of hydrogen-bond acceptors (Lipinski definition) is 2. The maximum Gasteiger partial charge on any atom is 0.129 e. The summed E-state index contributed by atoms with van der Waals surface area (Å²) >= 11 is 0. The van der Waals surface area contributed by atoms with Gasteiger partial charge in [0.2, 0.25) is 0 Å². The summed E-state index contributed by atoms with van der Waals surface area (Å²) in [7, 11) is 0. The fourth-order valence-corrected chi connectivity index (χ4v) is 1.36. The van der Waals surface area contributed by atoms with Crippen molar-refractivity contribution in [2.75, 3.05) is 26.2 Å². The van der Waals surface area contributed by atoms with Crippen LogP contribution in [0.5, 0.6) is 0 Å². The van der Waals surface area contributed by atoms with E-state index in [4.69, 9.17) is 10.7 Å². The second-order valence-electron chi connectivity index (χ2n) is 3.49. The zero-order chi connectivity index (χ0) is 10.9. The quantitative estimate of drug-likeness (QED) is 0.291. The molecule has 0 aromatic rings. The van der Waals surface area contributed by atoms with Crippen LogP contribution in [-0.4, -0.2) is 36.7 Å². The molecule has 1 rings (SSSR count). The molecule has 0 bridgehead atoms. The second kappa shape index (κ2) is 7.25. The Morgan fingerprint density at radius 2 is 2.07 bits per heavy atom. The van der Waals surface area contributed by atoms with Crippen molar-refractivity contribution in [2.45, 2.75) is 26.7 Å². The number of unbranched alkanes of at least 4 members (excludes halogenated alkanes) is 1. The predicted molar refractivity (Wildman–Crippen MR) is 56.7 cm³/mol. The third-order valence-electron chi connectivity index (χ3n) is 2.61. The van der Waals surface area contributed by atoms with Crippen LogP contribution in [0.2, 0.25) is 0 Å². The molecule has 4 heteroatoms. The van der Waals surface area contributed by atoms with Crippen molar-refractivity contribution in [3.05, 3.63) is 5.41 Å². The van der Waals surface area contributed by atoms with Gasteiger partial charge in [0.05, 0.1) is 19.3 Å². The van der Waals surface area contributed by atoms with Crippen molar-refractivity contribution in [3.63, 3.8) is 0 Å². The van der Waals surface area contributed by atoms with E-state index in [1.165, 1.54) is 55.7 Å². The maximum absolute atomic E-state index is 7.43. The summed E-state index contributed by atoms with van der Waals surface area (Å²) in [4.78, 5) is 2.58. The van der Waals surface area contributed by atoms with Crippen molar-refractivity contribution in [3.8, 4) is 6.19 Å². The molecule has 0 aromatic heterocycles. The Morgan fingerprint density at radius 1 is 1.43 bits per heavy atom. The Bertz CT molecular complexity index is 231. The second-order valence-corrected chi connectivity index (χ2v) is 3.49. The van der Waals surface area contributed by atoms with E-state index in [0.29, 0.717) is 0 Å². The van der Waals surface area contributed by atoms with Crippen LogP contribution < -0.4 is 0 Å². The van der Waals surface area contributed by atoms with E-state index >= 15 is 0 Å². The third kappa shape index (κ3) is 5.47. The van der Waals surface area contributed by atoms with E-state index in [0.717, 1.165) is 0 Å². The number of quaternary nitrogens is 1. The highest BCUT2D eigenvalue weighted by Crippen LogP contribution is 2.20. The average Bonchev–Trinajstić information content (AvgIpc) is 2.98. The predicted octanol–water partition coefficient (Wildman–Crippen LogP) is 1.85. The molecule has 0 saturated carbocycles. The standard InChI is InChI=1S/C8H18N.C2N3/c1-3-5-6-9(4-2)7-8-9;3-1-5-2-4/h3-8H2,1-2H3;/q+1;-1. The first-order valence-corrected chi connectivity index (χ1v) is 5.07. The van der Waals surface area contributed by atoms with Crippen LogP contribution in [0.3, 0.4) is 0 Å². The van der Waals surface area contributed by atoms with Crippen LogP contribution in [-0.2, 0) is 0 Å². The lowest BCUT2D eigenvalue weighted by molar-refractivity contribution is -0.797. The molecule has 0 radical (unpaired) electrons. The first-order valence-electron chi connectivity index (χ1n) is 5.07. The van der Waals surface area contributed by atoms with E-state index < -0.39 is 0 Å². The molecule has 1 aliphatic heterocycles. The summed E-state index contributed by atoms with van der Waals surface area (Å²) in [5.74, 6) is 0. The van der Waals surface area contributed by atoms with Crippen molar-refractivity contribution < 1.29 is 4.48 Å². The zero-order valence-electron chi connectivity index (χ0n) is 9.03. The van der Waals surface area contributed by atoms with Crippen molar-refractivity contribution >= 4 is 6.01 Å². The van der Waals surface area contributed by atoms with Gasteiger partial charge in [-0.1, -0.05) is 13.3 Å². The van der Waals surface area contributed by atoms with Crippen LogP contribution in [0.4, 0.5) is 0 Å². The lowest BCUT2D eigenvalue weighted by Crippen LogP contribution is -2.26. The van der Waals surface area contributed by atoms with E-state index in [2.05, 4.69) is 18.8 Å². The topological polar surface area (TPSA) is 58.5 Å². The number of nitrogens with zero attached hydrogens (tertiary/aromatic N) is 4. The summed E-state index contributed by atoms with van der Waals surface area (Å²) in [6, 6.07) is 1.28. The molecular weight excluding hydrogens is 176 g/mol. The summed E-state index contributed by atoms with van der Waals surface area (Å²) in [6.45, 7) is 10.3. The Morgan fingerprint density at radius 3 is 2.29 bits per heavy atom. The number of rotatable bonds is 4. The molecule has 4 nitrogen and oxygen atoms in total. The third-order valence-corrected chi connectivity index (χ3v) is 2.61. The van der Waals surface area contributed by atoms with Gasteiger partial charge < -0.3 is 14.9 Å². The normalized spacial score (nSPS) is 15.5. The van der Waals surface area contributed by atoms with Crippen molar-refractivity contribution in [2.24, 2.45) is 4.99 Å². The molecule has 14 heavy (non-hydrogen) atoms. The van der Waals surface area contributed by atoms with E-state index in [1.54, 1.807) is 0 Å². The zero-order valence-corrected chi connectivity index (χ0v) is 9.03. The first kappa shape index (κ1) is 12.8. The summed E-state index contributed by atoms with van der Waals surface area (Å²) in [5.41, 5.74) is 0. The fraction of sp³-hybridized carbons (Fsp3) is 0.800. The number of nitriles is 1. The lowest BCUT2D eigenvalue weighted by Gasteiger charge is -2.14. The molecule has 78 valence electrons. The molecule has 0 unspecified atom stereocenters. The van der Waals surface area contributed by atoms with Gasteiger partial charge in [-0.3, -0.25) is 0 Å². The van der Waals surface area contributed by atoms with Crippen molar-refractivity contribution in [1.29, 1.82) is 5.26 Å². The largest absolute Gasteiger partial charge is 0.422 e. The lowest BCUT2D eigenvalue weighted by atomic mass is 10.3. The van der Waals surface area contributed by atoms with Crippen LogP contribution in [0, 0.1) is 11.5 Å². The molecule has 0 spiro atoms. The molecule has 0 atom stereocenters. The summed E-state index contributed by atoms with van der Waals surface area (Å²) in [5, 5.41) is 14.9. The molecule has 1 saturated heterocycles. The van der Waals surface area contributed by atoms with Gasteiger partial charge in [0.1, 0.15) is 13.1 Å². The first-order chi connectivity index (χ1) is 6.74. The van der Waals surface area contributed by atoms with Gasteiger partial charge in [-0.05, 0) is 13.3 Å².